The van der Waals surface area contributed by atoms with Gasteiger partial charge in [0, 0.05) is 18.0 Å². The van der Waals surface area contributed by atoms with Crippen LogP contribution in [0.15, 0.2) is 12.2 Å². The van der Waals surface area contributed by atoms with Gasteiger partial charge in [-0.1, -0.05) is 26.0 Å². The molecule has 0 bridgehead atoms. The molecule has 5 aliphatic rings. The number of likely N-dealkylation sites (N-methyl/N-ethyl adjacent to an activating group) is 1. The maximum absolute atomic E-state index is 11.2. The first-order valence-electron chi connectivity index (χ1n) is 11.9. The summed E-state index contributed by atoms with van der Waals surface area (Å²) in [6.07, 6.45) is 10.3. The van der Waals surface area contributed by atoms with Crippen LogP contribution in [0.25, 0.3) is 0 Å². The highest BCUT2D eigenvalue weighted by Gasteiger charge is 2.81. The Bertz CT molecular complexity index is 692. The van der Waals surface area contributed by atoms with Crippen LogP contribution in [-0.4, -0.2) is 37.4 Å². The van der Waals surface area contributed by atoms with Crippen molar-refractivity contribution in [1.29, 1.82) is 0 Å². The quantitative estimate of drug-likeness (QED) is 0.639. The van der Waals surface area contributed by atoms with Crippen molar-refractivity contribution >= 4 is 0 Å². The molecule has 10 atom stereocenters. The van der Waals surface area contributed by atoms with E-state index in [1.165, 1.54) is 50.5 Å². The van der Waals surface area contributed by atoms with Crippen LogP contribution in [0.3, 0.4) is 0 Å². The van der Waals surface area contributed by atoms with Crippen LogP contribution in [0.2, 0.25) is 0 Å². The van der Waals surface area contributed by atoms with E-state index in [4.69, 9.17) is 0 Å². The first kappa shape index (κ1) is 19.6. The number of rotatable bonds is 3. The molecule has 158 valence electrons. The molecule has 0 amide bonds. The van der Waals surface area contributed by atoms with E-state index in [2.05, 4.69) is 52.1 Å². The van der Waals surface area contributed by atoms with Gasteiger partial charge in [0.05, 0.1) is 6.10 Å². The fraction of sp³-hybridized carbons (Fsp3) is 0.920. The van der Waals surface area contributed by atoms with Gasteiger partial charge in [-0.05, 0) is 106 Å². The summed E-state index contributed by atoms with van der Waals surface area (Å²) in [6.45, 7) is 12.0. The highest BCUT2D eigenvalue weighted by molar-refractivity contribution is 5.35. The van der Waals surface area contributed by atoms with Gasteiger partial charge < -0.3 is 15.7 Å². The summed E-state index contributed by atoms with van der Waals surface area (Å²) >= 11 is 0. The van der Waals surface area contributed by atoms with Crippen LogP contribution in [0, 0.1) is 39.4 Å². The number of aliphatic hydroxyl groups excluding tert-OH is 1. The van der Waals surface area contributed by atoms with E-state index in [0.29, 0.717) is 28.8 Å². The van der Waals surface area contributed by atoms with E-state index >= 15 is 0 Å². The Labute approximate surface area is 172 Å². The molecule has 2 spiro atoms. The Morgan fingerprint density at radius 3 is 2.46 bits per heavy atom. The first-order valence-corrected chi connectivity index (χ1v) is 11.9. The molecule has 3 nitrogen and oxygen atoms in total. The summed E-state index contributed by atoms with van der Waals surface area (Å²) in [6, 6.07) is 0.912. The maximum Gasteiger partial charge on any atom is 0.0594 e. The Balaban J connectivity index is 1.51. The molecule has 0 saturated heterocycles. The lowest BCUT2D eigenvalue weighted by atomic mass is 9.43. The van der Waals surface area contributed by atoms with Crippen molar-refractivity contribution in [2.24, 2.45) is 39.4 Å². The van der Waals surface area contributed by atoms with Crippen LogP contribution in [0.1, 0.15) is 72.1 Å². The lowest BCUT2D eigenvalue weighted by molar-refractivity contribution is -0.120. The standard InChI is InChI=1S/C25H42N2O/c1-15-17-7-8-20-23(4)13-19(28)21(16(2)26-5)22(23,3)11-12-25(20)14-24(17,25)10-9-18(15)27-6/h16-21,26-28H,1,7-14H2,2-6H3/t16-,17-,18-,19+,20-,21-,22+,23+,24+,25-/m0/s1. The summed E-state index contributed by atoms with van der Waals surface area (Å²) in [5, 5.41) is 18.2. The van der Waals surface area contributed by atoms with Gasteiger partial charge in [0.2, 0.25) is 0 Å². The van der Waals surface area contributed by atoms with E-state index in [1.807, 2.05) is 0 Å². The van der Waals surface area contributed by atoms with Crippen LogP contribution in [-0.2, 0) is 0 Å². The zero-order valence-electron chi connectivity index (χ0n) is 18.8. The van der Waals surface area contributed by atoms with Gasteiger partial charge >= 0.3 is 0 Å². The lowest BCUT2D eigenvalue weighted by Gasteiger charge is -2.61. The monoisotopic (exact) mass is 386 g/mol. The van der Waals surface area contributed by atoms with Crippen molar-refractivity contribution in [3.63, 3.8) is 0 Å². The van der Waals surface area contributed by atoms with Crippen molar-refractivity contribution in [1.82, 2.24) is 10.6 Å². The zero-order valence-corrected chi connectivity index (χ0v) is 18.8. The largest absolute Gasteiger partial charge is 0.393 e. The highest BCUT2D eigenvalue weighted by Crippen LogP contribution is 2.87. The second kappa shape index (κ2) is 5.86. The normalized spacial score (nSPS) is 58.4. The third kappa shape index (κ3) is 1.98. The fourth-order valence-electron chi connectivity index (χ4n) is 10.1. The summed E-state index contributed by atoms with van der Waals surface area (Å²) in [4.78, 5) is 0. The number of hydrogen-bond acceptors (Lipinski definition) is 3. The highest BCUT2D eigenvalue weighted by atomic mass is 16.3. The van der Waals surface area contributed by atoms with E-state index in [0.717, 1.165) is 18.3 Å². The SMILES string of the molecule is C=C1[C@@H](NC)CC[C@]23C[C@]24CC[C@]2(C)[C@@H]([C@H](C)NC)[C@H](O)C[C@]2(C)[C@@H]4CC[C@@H]13. The van der Waals surface area contributed by atoms with Gasteiger partial charge in [-0.3, -0.25) is 0 Å². The van der Waals surface area contributed by atoms with E-state index < -0.39 is 0 Å². The molecule has 5 aliphatic carbocycles. The summed E-state index contributed by atoms with van der Waals surface area (Å²) in [5.41, 5.74) is 3.12. The Morgan fingerprint density at radius 2 is 1.79 bits per heavy atom. The van der Waals surface area contributed by atoms with Crippen molar-refractivity contribution in [2.75, 3.05) is 14.1 Å². The summed E-state index contributed by atoms with van der Waals surface area (Å²) < 4.78 is 0. The molecule has 5 saturated carbocycles. The minimum Gasteiger partial charge on any atom is -0.393 e. The Kier molecular flexibility index (Phi) is 4.09. The van der Waals surface area contributed by atoms with Crippen molar-refractivity contribution in [2.45, 2.75) is 90.3 Å². The van der Waals surface area contributed by atoms with Crippen molar-refractivity contribution in [3.05, 3.63) is 12.2 Å². The smallest absolute Gasteiger partial charge is 0.0594 e. The van der Waals surface area contributed by atoms with Crippen LogP contribution < -0.4 is 10.6 Å². The topological polar surface area (TPSA) is 44.3 Å². The minimum atomic E-state index is -0.157. The molecule has 0 aliphatic heterocycles. The van der Waals surface area contributed by atoms with Gasteiger partial charge in [0.25, 0.3) is 0 Å². The minimum absolute atomic E-state index is 0.157. The molecule has 0 heterocycles. The fourth-order valence-corrected chi connectivity index (χ4v) is 10.1. The maximum atomic E-state index is 11.2. The number of hydrogen-bond donors (Lipinski definition) is 3. The van der Waals surface area contributed by atoms with E-state index in [1.54, 1.807) is 0 Å². The summed E-state index contributed by atoms with van der Waals surface area (Å²) in [7, 11) is 4.17. The Morgan fingerprint density at radius 1 is 1.04 bits per heavy atom. The van der Waals surface area contributed by atoms with Crippen molar-refractivity contribution < 1.29 is 5.11 Å². The molecule has 0 aromatic carbocycles. The molecule has 5 fully saturated rings. The van der Waals surface area contributed by atoms with E-state index in [-0.39, 0.29) is 16.9 Å². The average molecular weight is 387 g/mol. The molecular formula is C25H42N2O. The van der Waals surface area contributed by atoms with Gasteiger partial charge in [0.15, 0.2) is 0 Å². The van der Waals surface area contributed by atoms with Gasteiger partial charge in [-0.2, -0.15) is 0 Å². The second-order valence-electron chi connectivity index (χ2n) is 11.8. The molecule has 0 unspecified atom stereocenters. The molecule has 3 heteroatoms. The molecule has 0 radical (unpaired) electrons. The molecular weight excluding hydrogens is 344 g/mol. The van der Waals surface area contributed by atoms with Gasteiger partial charge in [0.1, 0.15) is 0 Å². The second-order valence-corrected chi connectivity index (χ2v) is 11.8. The van der Waals surface area contributed by atoms with Crippen molar-refractivity contribution in [3.8, 4) is 0 Å². The molecule has 28 heavy (non-hydrogen) atoms. The van der Waals surface area contributed by atoms with Crippen LogP contribution >= 0.6 is 0 Å². The first-order chi connectivity index (χ1) is 13.2. The predicted molar refractivity (Wildman–Crippen MR) is 115 cm³/mol. The van der Waals surface area contributed by atoms with Gasteiger partial charge in [-0.15, -0.1) is 0 Å². The predicted octanol–water partition coefficient (Wildman–Crippen LogP) is 4.12. The number of aliphatic hydroxyl groups is 1. The zero-order chi connectivity index (χ0) is 20.1. The summed E-state index contributed by atoms with van der Waals surface area (Å²) in [5.74, 6) is 1.90. The number of nitrogens with one attached hydrogen (secondary N) is 2. The van der Waals surface area contributed by atoms with Crippen LogP contribution in [0.4, 0.5) is 0 Å². The molecule has 5 rings (SSSR count). The lowest BCUT2D eigenvalue weighted by Crippen LogP contribution is -2.56. The Hall–Kier alpha value is -0.380. The average Bonchev–Trinajstić information content (AvgIpc) is 3.27. The number of fused-ring (bicyclic) bond motifs is 2. The molecule has 3 N–H and O–H groups in total. The third-order valence-electron chi connectivity index (χ3n) is 11.6. The van der Waals surface area contributed by atoms with Crippen LogP contribution in [0.5, 0.6) is 0 Å². The van der Waals surface area contributed by atoms with Gasteiger partial charge in [-0.25, -0.2) is 0 Å². The third-order valence-corrected chi connectivity index (χ3v) is 11.6. The van der Waals surface area contributed by atoms with E-state index in [9.17, 15) is 5.11 Å². The molecule has 0 aromatic rings. The molecule has 0 aromatic heterocycles.